The van der Waals surface area contributed by atoms with Crippen LogP contribution in [0.1, 0.15) is 35.2 Å². The van der Waals surface area contributed by atoms with Crippen LogP contribution < -0.4 is 15.8 Å². The van der Waals surface area contributed by atoms with Gasteiger partial charge in [0.1, 0.15) is 16.8 Å². The van der Waals surface area contributed by atoms with Gasteiger partial charge in [0.25, 0.3) is 11.8 Å². The smallest absolute Gasteiger partial charge is 0.254 e. The standard InChI is InChI=1S/C26H32F2N8O2/c1-34-5-7-35(8-6-34)23(37)17-3-4-18(20(9-17)38-2)14-36-21-19(13-31-36)32-24(29)33-22(21)30-12-16-10-25(11-16)15-26(25,27)28/h3-4,9,13,16H,5-8,10-12,14-15H2,1-2H3,(H3,29,30,32,33). The van der Waals surface area contributed by atoms with Crippen molar-refractivity contribution < 1.29 is 18.3 Å². The number of hydrogen-bond donors (Lipinski definition) is 2. The van der Waals surface area contributed by atoms with E-state index < -0.39 is 11.3 Å². The minimum Gasteiger partial charge on any atom is -0.496 e. The number of hydrogen-bond acceptors (Lipinski definition) is 8. The fourth-order valence-electron chi connectivity index (χ4n) is 5.88. The maximum absolute atomic E-state index is 13.6. The summed E-state index contributed by atoms with van der Waals surface area (Å²) in [5.41, 5.74) is 7.84. The highest BCUT2D eigenvalue weighted by molar-refractivity contribution is 5.95. The van der Waals surface area contributed by atoms with E-state index in [2.05, 4.69) is 32.3 Å². The second-order valence-corrected chi connectivity index (χ2v) is 10.9. The lowest BCUT2D eigenvalue weighted by atomic mass is 9.71. The second kappa shape index (κ2) is 9.04. The molecule has 3 N–H and O–H groups in total. The number of halogens is 2. The Labute approximate surface area is 219 Å². The van der Waals surface area contributed by atoms with E-state index in [1.807, 2.05) is 17.0 Å². The molecular formula is C26H32F2N8O2. The Morgan fingerprint density at radius 1 is 1.21 bits per heavy atom. The zero-order valence-corrected chi connectivity index (χ0v) is 21.6. The van der Waals surface area contributed by atoms with Gasteiger partial charge in [-0.3, -0.25) is 9.48 Å². The number of carbonyl (C=O) groups is 1. The predicted octanol–water partition coefficient (Wildman–Crippen LogP) is 2.70. The number of aromatic nitrogens is 4. The van der Waals surface area contributed by atoms with Crippen LogP contribution in [0, 0.1) is 11.3 Å². The van der Waals surface area contributed by atoms with Crippen molar-refractivity contribution in [2.75, 3.05) is 57.9 Å². The molecule has 3 aromatic rings. The van der Waals surface area contributed by atoms with Crippen LogP contribution >= 0.6 is 0 Å². The highest BCUT2D eigenvalue weighted by Crippen LogP contribution is 2.72. The van der Waals surface area contributed by atoms with Gasteiger partial charge in [0.2, 0.25) is 5.95 Å². The molecule has 0 radical (unpaired) electrons. The molecule has 10 nitrogen and oxygen atoms in total. The van der Waals surface area contributed by atoms with E-state index in [4.69, 9.17) is 10.5 Å². The second-order valence-electron chi connectivity index (χ2n) is 10.9. The first-order valence-corrected chi connectivity index (χ1v) is 12.9. The van der Waals surface area contributed by atoms with Crippen LogP contribution in [0.5, 0.6) is 5.75 Å². The molecule has 1 saturated heterocycles. The van der Waals surface area contributed by atoms with E-state index in [1.54, 1.807) is 24.1 Å². The summed E-state index contributed by atoms with van der Waals surface area (Å²) in [5.74, 6) is -1.12. The average Bonchev–Trinajstić information content (AvgIpc) is 3.24. The van der Waals surface area contributed by atoms with Gasteiger partial charge in [0, 0.05) is 55.7 Å². The molecule has 12 heteroatoms. The lowest BCUT2D eigenvalue weighted by Crippen LogP contribution is -2.47. The molecule has 0 atom stereocenters. The van der Waals surface area contributed by atoms with Crippen LogP contribution in [0.2, 0.25) is 0 Å². The highest BCUT2D eigenvalue weighted by atomic mass is 19.3. The van der Waals surface area contributed by atoms with E-state index in [0.717, 1.165) is 18.7 Å². The third-order valence-corrected chi connectivity index (χ3v) is 8.28. The Morgan fingerprint density at radius 2 is 1.95 bits per heavy atom. The summed E-state index contributed by atoms with van der Waals surface area (Å²) in [4.78, 5) is 25.8. The number of likely N-dealkylation sites (N-methyl/N-ethyl adjacent to an activating group) is 1. The first kappa shape index (κ1) is 24.8. The number of piperazine rings is 1. The molecule has 1 aromatic carbocycles. The van der Waals surface area contributed by atoms with Gasteiger partial charge in [-0.2, -0.15) is 10.1 Å². The molecule has 0 unspecified atom stereocenters. The van der Waals surface area contributed by atoms with Crippen molar-refractivity contribution in [2.45, 2.75) is 31.7 Å². The van der Waals surface area contributed by atoms with E-state index in [-0.39, 0.29) is 24.2 Å². The lowest BCUT2D eigenvalue weighted by Gasteiger charge is -2.36. The van der Waals surface area contributed by atoms with Gasteiger partial charge in [0.05, 0.1) is 19.9 Å². The van der Waals surface area contributed by atoms with Crippen molar-refractivity contribution in [1.29, 1.82) is 0 Å². The third kappa shape index (κ3) is 4.30. The molecule has 38 heavy (non-hydrogen) atoms. The average molecular weight is 527 g/mol. The minimum atomic E-state index is -2.50. The monoisotopic (exact) mass is 526 g/mol. The summed E-state index contributed by atoms with van der Waals surface area (Å²) in [6, 6.07) is 5.47. The van der Waals surface area contributed by atoms with Gasteiger partial charge in [0.15, 0.2) is 5.82 Å². The van der Waals surface area contributed by atoms with Gasteiger partial charge in [-0.15, -0.1) is 0 Å². The number of fused-ring (bicyclic) bond motifs is 1. The van der Waals surface area contributed by atoms with Crippen molar-refractivity contribution in [3.8, 4) is 5.75 Å². The molecular weight excluding hydrogens is 494 g/mol. The van der Waals surface area contributed by atoms with E-state index >= 15 is 0 Å². The molecule has 3 fully saturated rings. The van der Waals surface area contributed by atoms with Gasteiger partial charge >= 0.3 is 0 Å². The largest absolute Gasteiger partial charge is 0.496 e. The van der Waals surface area contributed by atoms with Crippen molar-refractivity contribution in [3.63, 3.8) is 0 Å². The molecule has 1 aliphatic heterocycles. The predicted molar refractivity (Wildman–Crippen MR) is 138 cm³/mol. The van der Waals surface area contributed by atoms with Gasteiger partial charge in [-0.05, 0) is 37.9 Å². The number of carbonyl (C=O) groups excluding carboxylic acids is 1. The number of benzene rings is 1. The number of methoxy groups -OCH3 is 1. The summed E-state index contributed by atoms with van der Waals surface area (Å²) in [6.07, 6.45) is 2.67. The molecule has 2 aliphatic carbocycles. The van der Waals surface area contributed by atoms with E-state index in [1.165, 1.54) is 0 Å². The maximum Gasteiger partial charge on any atom is 0.254 e. The normalized spacial score (nSPS) is 24.4. The fourth-order valence-corrected chi connectivity index (χ4v) is 5.88. The minimum absolute atomic E-state index is 0.00949. The summed E-state index contributed by atoms with van der Waals surface area (Å²) in [7, 11) is 3.63. The fraction of sp³-hybridized carbons (Fsp3) is 0.538. The van der Waals surface area contributed by atoms with Crippen LogP contribution in [0.4, 0.5) is 20.5 Å². The Hall–Kier alpha value is -3.54. The maximum atomic E-state index is 13.6. The zero-order chi connectivity index (χ0) is 26.7. The quantitative estimate of drug-likeness (QED) is 0.483. The van der Waals surface area contributed by atoms with Crippen molar-refractivity contribution in [3.05, 3.63) is 35.5 Å². The number of nitrogen functional groups attached to an aromatic ring is 1. The number of nitrogens with two attached hydrogens (primary N) is 1. The SMILES string of the molecule is COc1cc(C(=O)N2CCN(C)CC2)ccc1Cn1ncc2nc(N)nc(NCC3CC4(C3)CC4(F)F)c21. The number of rotatable bonds is 7. The van der Waals surface area contributed by atoms with Gasteiger partial charge in [-0.1, -0.05) is 6.07 Å². The van der Waals surface area contributed by atoms with Gasteiger partial charge < -0.3 is 25.6 Å². The number of nitrogens with one attached hydrogen (secondary N) is 1. The number of anilines is 2. The third-order valence-electron chi connectivity index (χ3n) is 8.28. The van der Waals surface area contributed by atoms with E-state index in [9.17, 15) is 13.6 Å². The van der Waals surface area contributed by atoms with Crippen LogP contribution in [-0.2, 0) is 6.54 Å². The summed E-state index contributed by atoms with van der Waals surface area (Å²) < 4.78 is 34.6. The van der Waals surface area contributed by atoms with Crippen LogP contribution in [0.15, 0.2) is 24.4 Å². The van der Waals surface area contributed by atoms with Crippen LogP contribution in [0.3, 0.4) is 0 Å². The Kier molecular flexibility index (Phi) is 5.89. The Bertz CT molecular complexity index is 1380. The number of nitrogens with zero attached hydrogens (tertiary/aromatic N) is 6. The van der Waals surface area contributed by atoms with Crippen molar-refractivity contribution in [2.24, 2.45) is 11.3 Å². The molecule has 202 valence electrons. The van der Waals surface area contributed by atoms with Crippen LogP contribution in [-0.4, -0.2) is 88.3 Å². The van der Waals surface area contributed by atoms with Crippen molar-refractivity contribution in [1.82, 2.24) is 29.5 Å². The molecule has 3 aliphatic rings. The number of alkyl halides is 2. The molecule has 1 spiro atoms. The lowest BCUT2D eigenvalue weighted by molar-refractivity contribution is 0.00528. The number of ether oxygens (including phenoxy) is 1. The Morgan fingerprint density at radius 3 is 2.63 bits per heavy atom. The molecule has 1 amide bonds. The van der Waals surface area contributed by atoms with E-state index in [0.29, 0.717) is 67.2 Å². The topological polar surface area (TPSA) is 114 Å². The van der Waals surface area contributed by atoms with Gasteiger partial charge in [-0.25, -0.2) is 13.8 Å². The molecule has 3 heterocycles. The summed E-state index contributed by atoms with van der Waals surface area (Å²) in [5, 5.41) is 7.81. The summed E-state index contributed by atoms with van der Waals surface area (Å²) in [6.45, 7) is 3.98. The molecule has 6 rings (SSSR count). The first-order chi connectivity index (χ1) is 18.2. The molecule has 2 saturated carbocycles. The molecule has 0 bridgehead atoms. The molecule has 2 aromatic heterocycles. The summed E-state index contributed by atoms with van der Waals surface area (Å²) >= 11 is 0. The highest BCUT2D eigenvalue weighted by Gasteiger charge is 2.75. The first-order valence-electron chi connectivity index (χ1n) is 12.9. The number of amides is 1. The zero-order valence-electron chi connectivity index (χ0n) is 21.6. The van der Waals surface area contributed by atoms with Crippen molar-refractivity contribution >= 4 is 28.7 Å². The Balaban J connectivity index is 1.20. The van der Waals surface area contributed by atoms with Crippen LogP contribution in [0.25, 0.3) is 11.0 Å².